The second-order valence-electron chi connectivity index (χ2n) is 3.59. The topological polar surface area (TPSA) is 37.8 Å². The van der Waals surface area contributed by atoms with Crippen molar-refractivity contribution in [3.8, 4) is 0 Å². The summed E-state index contributed by atoms with van der Waals surface area (Å²) in [6.45, 7) is 6.09. The minimum atomic E-state index is 0.160. The second-order valence-corrected chi connectivity index (χ2v) is 3.59. The van der Waals surface area contributed by atoms with Crippen molar-refractivity contribution in [1.82, 2.24) is 15.3 Å². The van der Waals surface area contributed by atoms with E-state index in [1.165, 1.54) is 5.57 Å². The highest BCUT2D eigenvalue weighted by Crippen LogP contribution is 2.11. The molecule has 76 valence electrons. The summed E-state index contributed by atoms with van der Waals surface area (Å²) in [5.74, 6) is 0. The van der Waals surface area contributed by atoms with Crippen molar-refractivity contribution >= 4 is 0 Å². The van der Waals surface area contributed by atoms with Gasteiger partial charge >= 0.3 is 0 Å². The zero-order valence-electron chi connectivity index (χ0n) is 9.20. The first-order chi connectivity index (χ1) is 6.63. The van der Waals surface area contributed by atoms with Gasteiger partial charge in [0.25, 0.3) is 0 Å². The van der Waals surface area contributed by atoms with E-state index in [0.29, 0.717) is 0 Å². The molecule has 0 amide bonds. The third-order valence-electron chi connectivity index (χ3n) is 1.93. The van der Waals surface area contributed by atoms with Crippen LogP contribution in [0.25, 0.3) is 0 Å². The Balaban J connectivity index is 2.90. The van der Waals surface area contributed by atoms with Crippen LogP contribution in [0.5, 0.6) is 0 Å². The number of rotatable bonds is 3. The van der Waals surface area contributed by atoms with Crippen molar-refractivity contribution in [1.29, 1.82) is 0 Å². The number of hydrogen-bond acceptors (Lipinski definition) is 3. The van der Waals surface area contributed by atoms with Crippen LogP contribution in [0.3, 0.4) is 0 Å². The van der Waals surface area contributed by atoms with E-state index in [4.69, 9.17) is 0 Å². The van der Waals surface area contributed by atoms with Crippen LogP contribution in [0.2, 0.25) is 0 Å². The van der Waals surface area contributed by atoms with Crippen molar-refractivity contribution in [2.45, 2.75) is 26.8 Å². The maximum absolute atomic E-state index is 4.33. The van der Waals surface area contributed by atoms with Gasteiger partial charge in [-0.3, -0.25) is 9.97 Å². The molecule has 3 nitrogen and oxygen atoms in total. The fraction of sp³-hybridized carbons (Fsp3) is 0.455. The van der Waals surface area contributed by atoms with E-state index < -0.39 is 0 Å². The molecule has 1 rings (SSSR count). The number of aromatic nitrogens is 2. The van der Waals surface area contributed by atoms with Crippen molar-refractivity contribution in [3.05, 3.63) is 35.4 Å². The van der Waals surface area contributed by atoms with Crippen LogP contribution in [0, 0.1) is 6.92 Å². The molecule has 1 N–H and O–H groups in total. The average Bonchev–Trinajstić information content (AvgIpc) is 2.15. The van der Waals surface area contributed by atoms with Crippen molar-refractivity contribution < 1.29 is 0 Å². The molecule has 0 fully saturated rings. The minimum Gasteiger partial charge on any atom is -0.308 e. The highest BCUT2D eigenvalue weighted by molar-refractivity contribution is 5.14. The monoisotopic (exact) mass is 191 g/mol. The predicted octanol–water partition coefficient (Wildman–Crippen LogP) is 2.01. The number of aryl methyl sites for hydroxylation is 1. The SMILES string of the molecule is CNC(C=C(C)C)c1cnc(C)cn1. The number of nitrogens with zero attached hydrogens (tertiary/aromatic N) is 2. The lowest BCUT2D eigenvalue weighted by Crippen LogP contribution is -2.16. The first-order valence-corrected chi connectivity index (χ1v) is 4.74. The Kier molecular flexibility index (Phi) is 3.77. The van der Waals surface area contributed by atoms with E-state index >= 15 is 0 Å². The Morgan fingerprint density at radius 3 is 2.50 bits per heavy atom. The summed E-state index contributed by atoms with van der Waals surface area (Å²) in [5.41, 5.74) is 3.17. The van der Waals surface area contributed by atoms with Crippen molar-refractivity contribution in [2.75, 3.05) is 7.05 Å². The Morgan fingerprint density at radius 2 is 2.07 bits per heavy atom. The van der Waals surface area contributed by atoms with Gasteiger partial charge < -0.3 is 5.32 Å². The van der Waals surface area contributed by atoms with Crippen molar-refractivity contribution in [3.63, 3.8) is 0 Å². The number of allylic oxidation sites excluding steroid dienone is 1. The Labute approximate surface area is 85.3 Å². The van der Waals surface area contributed by atoms with E-state index in [-0.39, 0.29) is 6.04 Å². The Bertz CT molecular complexity index is 310. The van der Waals surface area contributed by atoms with E-state index in [9.17, 15) is 0 Å². The van der Waals surface area contributed by atoms with E-state index in [0.717, 1.165) is 11.4 Å². The molecule has 0 spiro atoms. The predicted molar refractivity (Wildman–Crippen MR) is 58.0 cm³/mol. The Morgan fingerprint density at radius 1 is 1.36 bits per heavy atom. The first kappa shape index (κ1) is 10.9. The van der Waals surface area contributed by atoms with Crippen molar-refractivity contribution in [2.24, 2.45) is 0 Å². The molecule has 1 heterocycles. The average molecular weight is 191 g/mol. The van der Waals surface area contributed by atoms with Gasteiger partial charge in [-0.15, -0.1) is 0 Å². The molecule has 0 aliphatic carbocycles. The van der Waals surface area contributed by atoms with Gasteiger partial charge in [-0.2, -0.15) is 0 Å². The number of likely N-dealkylation sites (N-methyl/N-ethyl adjacent to an activating group) is 1. The van der Waals surface area contributed by atoms with Crippen LogP contribution in [0.1, 0.15) is 31.3 Å². The summed E-state index contributed by atoms with van der Waals surface area (Å²) in [4.78, 5) is 8.56. The lowest BCUT2D eigenvalue weighted by molar-refractivity contribution is 0.682. The summed E-state index contributed by atoms with van der Waals surface area (Å²) in [6, 6.07) is 0.160. The van der Waals surface area contributed by atoms with Gasteiger partial charge in [0.05, 0.1) is 23.6 Å². The summed E-state index contributed by atoms with van der Waals surface area (Å²) in [6.07, 6.45) is 5.74. The molecule has 0 bridgehead atoms. The molecule has 1 unspecified atom stereocenters. The van der Waals surface area contributed by atoms with Crippen LogP contribution in [0.4, 0.5) is 0 Å². The molecule has 1 aromatic rings. The van der Waals surface area contributed by atoms with E-state index in [1.54, 1.807) is 6.20 Å². The Hall–Kier alpha value is -1.22. The molecule has 1 atom stereocenters. The van der Waals surface area contributed by atoms with E-state index in [1.807, 2.05) is 20.2 Å². The van der Waals surface area contributed by atoms with Gasteiger partial charge in [0.2, 0.25) is 0 Å². The van der Waals surface area contributed by atoms with Crippen LogP contribution >= 0.6 is 0 Å². The third-order valence-corrected chi connectivity index (χ3v) is 1.93. The van der Waals surface area contributed by atoms with Gasteiger partial charge in [-0.25, -0.2) is 0 Å². The van der Waals surface area contributed by atoms with Gasteiger partial charge in [-0.1, -0.05) is 11.6 Å². The molecule has 0 aliphatic rings. The lowest BCUT2D eigenvalue weighted by atomic mass is 10.1. The molecule has 0 radical (unpaired) electrons. The standard InChI is InChI=1S/C11H17N3/c1-8(2)5-10(12-4)11-7-13-9(3)6-14-11/h5-7,10,12H,1-4H3. The molecule has 0 saturated carbocycles. The maximum Gasteiger partial charge on any atom is 0.0795 e. The molecular formula is C11H17N3. The number of nitrogens with one attached hydrogen (secondary N) is 1. The van der Waals surface area contributed by atoms with Crippen LogP contribution in [-0.2, 0) is 0 Å². The van der Waals surface area contributed by atoms with Gasteiger partial charge in [0.15, 0.2) is 0 Å². The molecule has 0 aliphatic heterocycles. The minimum absolute atomic E-state index is 0.160. The molecule has 1 aromatic heterocycles. The quantitative estimate of drug-likeness (QED) is 0.743. The summed E-state index contributed by atoms with van der Waals surface area (Å²) in [7, 11) is 1.92. The largest absolute Gasteiger partial charge is 0.308 e. The normalized spacial score (nSPS) is 12.3. The smallest absolute Gasteiger partial charge is 0.0795 e. The molecule has 14 heavy (non-hydrogen) atoms. The summed E-state index contributed by atoms with van der Waals surface area (Å²) < 4.78 is 0. The highest BCUT2D eigenvalue weighted by atomic mass is 14.9. The maximum atomic E-state index is 4.33. The number of hydrogen-bond donors (Lipinski definition) is 1. The first-order valence-electron chi connectivity index (χ1n) is 4.74. The fourth-order valence-corrected chi connectivity index (χ4v) is 1.21. The van der Waals surface area contributed by atoms with Crippen LogP contribution in [-0.4, -0.2) is 17.0 Å². The molecule has 0 saturated heterocycles. The van der Waals surface area contributed by atoms with Gasteiger partial charge in [0, 0.05) is 6.20 Å². The molecular weight excluding hydrogens is 174 g/mol. The lowest BCUT2D eigenvalue weighted by Gasteiger charge is -2.11. The zero-order valence-corrected chi connectivity index (χ0v) is 9.20. The highest BCUT2D eigenvalue weighted by Gasteiger charge is 2.06. The van der Waals surface area contributed by atoms with Gasteiger partial charge in [0.1, 0.15) is 0 Å². The van der Waals surface area contributed by atoms with Gasteiger partial charge in [-0.05, 0) is 27.8 Å². The third kappa shape index (κ3) is 2.92. The zero-order chi connectivity index (χ0) is 10.6. The fourth-order valence-electron chi connectivity index (χ4n) is 1.21. The second kappa shape index (κ2) is 4.86. The van der Waals surface area contributed by atoms with Crippen LogP contribution < -0.4 is 5.32 Å². The molecule has 3 heteroatoms. The van der Waals surface area contributed by atoms with E-state index in [2.05, 4.69) is 35.2 Å². The summed E-state index contributed by atoms with van der Waals surface area (Å²) >= 11 is 0. The summed E-state index contributed by atoms with van der Waals surface area (Å²) in [5, 5.41) is 3.19. The molecule has 0 aromatic carbocycles. The van der Waals surface area contributed by atoms with Crippen LogP contribution in [0.15, 0.2) is 24.0 Å².